The largest absolute Gasteiger partial charge is 0.458 e. The molecule has 0 amide bonds. The van der Waals surface area contributed by atoms with Gasteiger partial charge in [0.1, 0.15) is 12.2 Å². The van der Waals surface area contributed by atoms with Crippen molar-refractivity contribution in [1.82, 2.24) is 0 Å². The quantitative estimate of drug-likeness (QED) is 0.281. The summed E-state index contributed by atoms with van der Waals surface area (Å²) in [5, 5.41) is 12.5. The fourth-order valence-corrected chi connectivity index (χ4v) is 6.85. The Morgan fingerprint density at radius 3 is 2.05 bits per heavy atom. The number of hydrogen-bond donors (Lipinski definition) is 1. The topological polar surface area (TPSA) is 99.1 Å². The third-order valence-corrected chi connectivity index (χ3v) is 9.51. The van der Waals surface area contributed by atoms with Crippen LogP contribution in [-0.2, 0) is 19.0 Å². The Balaban J connectivity index is 1.64. The molecule has 2 saturated carbocycles. The van der Waals surface area contributed by atoms with E-state index in [1.165, 1.54) is 6.08 Å². The Hall–Kier alpha value is -3.97. The highest BCUT2D eigenvalue weighted by Crippen LogP contribution is 2.64. The lowest BCUT2D eigenvalue weighted by Gasteiger charge is -2.64. The lowest BCUT2D eigenvalue weighted by atomic mass is 9.43. The molecule has 0 radical (unpaired) electrons. The number of cyclic esters (lactones) is 1. The molecule has 2 fully saturated rings. The molecule has 0 saturated heterocycles. The number of esters is 3. The zero-order valence-corrected chi connectivity index (χ0v) is 23.7. The molecule has 3 aliphatic rings. The summed E-state index contributed by atoms with van der Waals surface area (Å²) < 4.78 is 17.5. The minimum Gasteiger partial charge on any atom is -0.458 e. The summed E-state index contributed by atoms with van der Waals surface area (Å²) >= 11 is 0. The second-order valence-electron chi connectivity index (χ2n) is 11.8. The SMILES string of the molecule is C=C1CCC[C@H]2[C@@]1(C)[C@@H](OC(=O)c1ccccc1)[C@H](OC(=O)c1ccccc1)[C@](C)(O)[C@]2(C)C=CC1=CC(=O)OC1. The number of carbonyl (C=O) groups excluding carboxylic acids is 3. The second kappa shape index (κ2) is 10.8. The molecule has 2 aromatic carbocycles. The van der Waals surface area contributed by atoms with Crippen LogP contribution in [0, 0.1) is 16.7 Å². The highest BCUT2D eigenvalue weighted by molar-refractivity contribution is 5.90. The number of benzene rings is 2. The predicted octanol–water partition coefficient (Wildman–Crippen LogP) is 5.61. The Kier molecular flexibility index (Phi) is 7.51. The molecule has 214 valence electrons. The van der Waals surface area contributed by atoms with E-state index in [-0.39, 0.29) is 12.5 Å². The average molecular weight is 557 g/mol. The van der Waals surface area contributed by atoms with E-state index >= 15 is 0 Å². The molecule has 0 aromatic heterocycles. The minimum absolute atomic E-state index is 0.145. The number of carbonyl (C=O) groups is 3. The van der Waals surface area contributed by atoms with Crippen molar-refractivity contribution in [3.8, 4) is 0 Å². The van der Waals surface area contributed by atoms with E-state index < -0.39 is 46.5 Å². The van der Waals surface area contributed by atoms with Crippen molar-refractivity contribution in [2.75, 3.05) is 6.61 Å². The van der Waals surface area contributed by atoms with Gasteiger partial charge in [0, 0.05) is 16.9 Å². The highest BCUT2D eigenvalue weighted by atomic mass is 16.6. The van der Waals surface area contributed by atoms with Crippen LogP contribution in [0.3, 0.4) is 0 Å². The van der Waals surface area contributed by atoms with Crippen LogP contribution in [0.15, 0.2) is 96.6 Å². The van der Waals surface area contributed by atoms with Crippen molar-refractivity contribution >= 4 is 17.9 Å². The number of aliphatic hydroxyl groups is 1. The molecule has 2 aromatic rings. The summed E-state index contributed by atoms with van der Waals surface area (Å²) in [4.78, 5) is 38.7. The van der Waals surface area contributed by atoms with E-state index in [1.807, 2.05) is 26.0 Å². The van der Waals surface area contributed by atoms with E-state index in [1.54, 1.807) is 67.6 Å². The maximum atomic E-state index is 13.5. The Morgan fingerprint density at radius 1 is 0.951 bits per heavy atom. The lowest BCUT2D eigenvalue weighted by Crippen LogP contribution is -2.72. The van der Waals surface area contributed by atoms with Gasteiger partial charge in [0.25, 0.3) is 0 Å². The number of hydrogen-bond acceptors (Lipinski definition) is 7. The van der Waals surface area contributed by atoms with E-state index in [2.05, 4.69) is 6.58 Å². The first kappa shape index (κ1) is 28.6. The van der Waals surface area contributed by atoms with Gasteiger partial charge in [-0.3, -0.25) is 0 Å². The van der Waals surface area contributed by atoms with E-state index in [0.717, 1.165) is 18.4 Å². The van der Waals surface area contributed by atoms with Crippen LogP contribution in [0.4, 0.5) is 0 Å². The Bertz CT molecular complexity index is 1410. The molecule has 0 bridgehead atoms. The number of rotatable bonds is 6. The van der Waals surface area contributed by atoms with Crippen LogP contribution in [-0.4, -0.2) is 47.4 Å². The van der Waals surface area contributed by atoms with Gasteiger partial charge in [0.2, 0.25) is 0 Å². The minimum atomic E-state index is -1.69. The summed E-state index contributed by atoms with van der Waals surface area (Å²) in [6.07, 6.45) is 5.12. The monoisotopic (exact) mass is 556 g/mol. The molecule has 7 heteroatoms. The molecule has 41 heavy (non-hydrogen) atoms. The first-order valence-electron chi connectivity index (χ1n) is 14.0. The van der Waals surface area contributed by atoms with Gasteiger partial charge in [0.15, 0.2) is 12.2 Å². The summed E-state index contributed by atoms with van der Waals surface area (Å²) in [6.45, 7) is 10.1. The van der Waals surface area contributed by atoms with Gasteiger partial charge in [-0.05, 0) is 61.9 Å². The summed E-state index contributed by atoms with van der Waals surface area (Å²) in [5.74, 6) is -1.86. The van der Waals surface area contributed by atoms with Gasteiger partial charge in [-0.25, -0.2) is 14.4 Å². The van der Waals surface area contributed by atoms with Crippen LogP contribution >= 0.6 is 0 Å². The van der Waals surface area contributed by atoms with E-state index in [9.17, 15) is 19.5 Å². The third kappa shape index (κ3) is 4.93. The van der Waals surface area contributed by atoms with Gasteiger partial charge < -0.3 is 19.3 Å². The average Bonchev–Trinajstić information content (AvgIpc) is 3.39. The van der Waals surface area contributed by atoms with E-state index in [4.69, 9.17) is 14.2 Å². The smallest absolute Gasteiger partial charge is 0.338 e. The molecule has 2 aliphatic carbocycles. The van der Waals surface area contributed by atoms with Crippen molar-refractivity contribution in [1.29, 1.82) is 0 Å². The third-order valence-electron chi connectivity index (χ3n) is 9.51. The standard InChI is InChI=1S/C34H36O7/c1-22-12-11-17-26-32(2,19-18-23-20-27(35)39-21-23)34(4,38)29(41-31(37)25-15-9-6-10-16-25)28(33(22,26)3)40-30(36)24-13-7-5-8-14-24/h5-10,13-16,18-20,26,28-29,38H,1,11-12,17,21H2,2-4H3/t26-,28+,29+,32-,33+,34+/m1/s1. The predicted molar refractivity (Wildman–Crippen MR) is 153 cm³/mol. The second-order valence-corrected chi connectivity index (χ2v) is 11.8. The van der Waals surface area contributed by atoms with Gasteiger partial charge in [-0.2, -0.15) is 0 Å². The number of ether oxygens (including phenoxy) is 3. The fraction of sp³-hybridized carbons (Fsp3) is 0.382. The molecule has 1 N–H and O–H groups in total. The van der Waals surface area contributed by atoms with Gasteiger partial charge in [0.05, 0.1) is 11.1 Å². The van der Waals surface area contributed by atoms with Crippen LogP contribution in [0.5, 0.6) is 0 Å². The molecule has 1 heterocycles. The first-order valence-corrected chi connectivity index (χ1v) is 14.0. The summed E-state index contributed by atoms with van der Waals surface area (Å²) in [7, 11) is 0. The molecule has 0 spiro atoms. The number of fused-ring (bicyclic) bond motifs is 1. The molecule has 5 rings (SSSR count). The maximum Gasteiger partial charge on any atom is 0.338 e. The zero-order valence-electron chi connectivity index (χ0n) is 23.7. The molecule has 1 aliphatic heterocycles. The van der Waals surface area contributed by atoms with Crippen molar-refractivity contribution in [3.05, 3.63) is 108 Å². The first-order chi connectivity index (χ1) is 19.5. The summed E-state index contributed by atoms with van der Waals surface area (Å²) in [5.41, 5.74) is -1.30. The van der Waals surface area contributed by atoms with Crippen LogP contribution in [0.2, 0.25) is 0 Å². The molecular formula is C34H36O7. The normalized spacial score (nSPS) is 33.1. The molecule has 6 atom stereocenters. The molecular weight excluding hydrogens is 520 g/mol. The van der Waals surface area contributed by atoms with Crippen molar-refractivity contribution in [2.24, 2.45) is 16.7 Å². The maximum absolute atomic E-state index is 13.5. The fourth-order valence-electron chi connectivity index (χ4n) is 6.85. The van der Waals surface area contributed by atoms with Crippen molar-refractivity contribution in [3.63, 3.8) is 0 Å². The van der Waals surface area contributed by atoms with Crippen LogP contribution < -0.4 is 0 Å². The summed E-state index contributed by atoms with van der Waals surface area (Å²) in [6, 6.07) is 17.2. The Labute approximate surface area is 240 Å². The lowest BCUT2D eigenvalue weighted by molar-refractivity contribution is -0.253. The van der Waals surface area contributed by atoms with Crippen LogP contribution in [0.25, 0.3) is 0 Å². The van der Waals surface area contributed by atoms with Gasteiger partial charge in [-0.1, -0.05) is 74.5 Å². The molecule has 7 nitrogen and oxygen atoms in total. The van der Waals surface area contributed by atoms with Crippen molar-refractivity contribution in [2.45, 2.75) is 57.8 Å². The highest BCUT2D eigenvalue weighted by Gasteiger charge is 2.70. The van der Waals surface area contributed by atoms with Crippen LogP contribution in [0.1, 0.15) is 60.7 Å². The van der Waals surface area contributed by atoms with E-state index in [0.29, 0.717) is 23.1 Å². The van der Waals surface area contributed by atoms with Crippen molar-refractivity contribution < 1.29 is 33.7 Å². The zero-order chi connectivity index (χ0) is 29.4. The Morgan fingerprint density at radius 2 is 1.51 bits per heavy atom. The molecule has 0 unspecified atom stereocenters. The van der Waals surface area contributed by atoms with Gasteiger partial charge >= 0.3 is 17.9 Å². The van der Waals surface area contributed by atoms with Gasteiger partial charge in [-0.15, -0.1) is 0 Å².